The van der Waals surface area contributed by atoms with Crippen LogP contribution in [0.25, 0.3) is 0 Å². The Balaban J connectivity index is 1.88. The number of nitrogens with one attached hydrogen (secondary N) is 1. The molecule has 1 aliphatic heterocycles. The molecule has 0 radical (unpaired) electrons. The number of imide groups is 1. The largest absolute Gasteiger partial charge is 0.494 e. The topological polar surface area (TPSA) is 96.0 Å². The molecular weight excluding hydrogens is 446 g/mol. The molecule has 2 unspecified atom stereocenters. The lowest BCUT2D eigenvalue weighted by Crippen LogP contribution is -2.56. The van der Waals surface area contributed by atoms with Gasteiger partial charge in [-0.1, -0.05) is 31.5 Å². The number of ether oxygens (including phenoxy) is 1. The highest BCUT2D eigenvalue weighted by Crippen LogP contribution is 2.28. The Labute approximate surface area is 197 Å². The molecule has 0 aromatic heterocycles. The van der Waals surface area contributed by atoms with Crippen LogP contribution in [0.1, 0.15) is 44.0 Å². The maximum atomic E-state index is 13.3. The zero-order valence-electron chi connectivity index (χ0n) is 18.7. The van der Waals surface area contributed by atoms with E-state index in [1.54, 1.807) is 49.4 Å². The molecule has 174 valence electrons. The number of anilines is 1. The maximum absolute atomic E-state index is 13.3. The van der Waals surface area contributed by atoms with Gasteiger partial charge in [-0.2, -0.15) is 0 Å². The molecule has 9 heteroatoms. The fraction of sp³-hybridized carbons (Fsp3) is 0.333. The Morgan fingerprint density at radius 3 is 2.48 bits per heavy atom. The lowest BCUT2D eigenvalue weighted by atomic mass is 10.1. The highest BCUT2D eigenvalue weighted by molar-refractivity contribution is 6.31. The molecule has 0 aliphatic carbocycles. The van der Waals surface area contributed by atoms with Crippen molar-refractivity contribution in [1.29, 1.82) is 0 Å². The Bertz CT molecular complexity index is 1060. The molecule has 8 nitrogen and oxygen atoms in total. The minimum Gasteiger partial charge on any atom is -0.494 e. The van der Waals surface area contributed by atoms with Crippen molar-refractivity contribution < 1.29 is 23.9 Å². The van der Waals surface area contributed by atoms with E-state index < -0.39 is 35.6 Å². The van der Waals surface area contributed by atoms with Crippen molar-refractivity contribution in [3.63, 3.8) is 0 Å². The first-order chi connectivity index (χ1) is 15.8. The van der Waals surface area contributed by atoms with Gasteiger partial charge in [0.1, 0.15) is 11.8 Å². The predicted molar refractivity (Wildman–Crippen MR) is 124 cm³/mol. The first-order valence-electron chi connectivity index (χ1n) is 10.8. The molecule has 2 atom stereocenters. The molecule has 1 aliphatic rings. The second-order valence-electron chi connectivity index (χ2n) is 7.68. The van der Waals surface area contributed by atoms with E-state index in [1.165, 1.54) is 6.07 Å². The summed E-state index contributed by atoms with van der Waals surface area (Å²) < 4.78 is 5.40. The molecule has 4 amide bonds. The van der Waals surface area contributed by atoms with Gasteiger partial charge in [0.25, 0.3) is 11.8 Å². The van der Waals surface area contributed by atoms with Gasteiger partial charge in [-0.15, -0.1) is 0 Å². The number of amides is 4. The summed E-state index contributed by atoms with van der Waals surface area (Å²) in [6.07, 6.45) is 0.254. The molecule has 0 saturated carbocycles. The van der Waals surface area contributed by atoms with Gasteiger partial charge in [0.2, 0.25) is 11.8 Å². The van der Waals surface area contributed by atoms with E-state index >= 15 is 0 Å². The Morgan fingerprint density at radius 1 is 1.18 bits per heavy atom. The van der Waals surface area contributed by atoms with Gasteiger partial charge in [0.05, 0.1) is 18.7 Å². The van der Waals surface area contributed by atoms with E-state index in [9.17, 15) is 19.2 Å². The summed E-state index contributed by atoms with van der Waals surface area (Å²) in [5, 5.41) is 1.35. The van der Waals surface area contributed by atoms with Crippen molar-refractivity contribution in [2.24, 2.45) is 5.92 Å². The van der Waals surface area contributed by atoms with Crippen LogP contribution in [0, 0.1) is 5.92 Å². The number of hydrogen-bond acceptors (Lipinski definition) is 5. The fourth-order valence-corrected chi connectivity index (χ4v) is 3.64. The van der Waals surface area contributed by atoms with Crippen molar-refractivity contribution in [2.45, 2.75) is 39.7 Å². The highest BCUT2D eigenvalue weighted by atomic mass is 35.5. The minimum absolute atomic E-state index is 0.226. The third-order valence-electron chi connectivity index (χ3n) is 5.42. The number of carbonyl (C=O) groups is 4. The number of nitrogens with zero attached hydrogens (tertiary/aromatic N) is 2. The average molecular weight is 472 g/mol. The van der Waals surface area contributed by atoms with Crippen LogP contribution in [0.5, 0.6) is 5.75 Å². The molecule has 1 fully saturated rings. The lowest BCUT2D eigenvalue weighted by molar-refractivity contribution is -0.144. The first-order valence-corrected chi connectivity index (χ1v) is 11.1. The standard InChI is InChI=1S/C24H26ClN3O5/c1-4-15(3)23(31)28(26-22(30)16-7-6-8-17(25)13-16)20-14-21(29)27(24(20)32)18-9-11-19(12-10-18)33-5-2/h6-13,15,20H,4-5,14H2,1-3H3,(H,26,30). The van der Waals surface area contributed by atoms with E-state index in [0.717, 1.165) is 9.91 Å². The SMILES string of the molecule is CCOc1ccc(N2C(=O)CC(N(NC(=O)c3cccc(Cl)c3)C(=O)C(C)CC)C2=O)cc1. The van der Waals surface area contributed by atoms with Gasteiger partial charge in [-0.25, -0.2) is 9.91 Å². The van der Waals surface area contributed by atoms with E-state index in [2.05, 4.69) is 5.43 Å². The zero-order valence-corrected chi connectivity index (χ0v) is 19.5. The van der Waals surface area contributed by atoms with Crippen LogP contribution in [-0.2, 0) is 14.4 Å². The molecule has 2 aromatic carbocycles. The normalized spacial score (nSPS) is 16.5. The van der Waals surface area contributed by atoms with Gasteiger partial charge < -0.3 is 4.74 Å². The number of benzene rings is 2. The van der Waals surface area contributed by atoms with Crippen LogP contribution in [0.2, 0.25) is 5.02 Å². The van der Waals surface area contributed by atoms with Crippen LogP contribution < -0.4 is 15.1 Å². The number of hydrogen-bond donors (Lipinski definition) is 1. The fourth-order valence-electron chi connectivity index (χ4n) is 3.45. The Hall–Kier alpha value is -3.39. The van der Waals surface area contributed by atoms with Crippen LogP contribution in [0.15, 0.2) is 48.5 Å². The number of halogens is 1. The third kappa shape index (κ3) is 5.34. The van der Waals surface area contributed by atoms with Crippen molar-refractivity contribution in [2.75, 3.05) is 11.5 Å². The van der Waals surface area contributed by atoms with Crippen LogP contribution >= 0.6 is 11.6 Å². The lowest BCUT2D eigenvalue weighted by Gasteiger charge is -2.30. The summed E-state index contributed by atoms with van der Waals surface area (Å²) >= 11 is 5.97. The maximum Gasteiger partial charge on any atom is 0.269 e. The Morgan fingerprint density at radius 2 is 1.88 bits per heavy atom. The van der Waals surface area contributed by atoms with E-state index in [4.69, 9.17) is 16.3 Å². The summed E-state index contributed by atoms with van der Waals surface area (Å²) in [7, 11) is 0. The average Bonchev–Trinajstić information content (AvgIpc) is 3.10. The highest BCUT2D eigenvalue weighted by Gasteiger charge is 2.45. The van der Waals surface area contributed by atoms with E-state index in [1.807, 2.05) is 13.8 Å². The molecule has 1 heterocycles. The van der Waals surface area contributed by atoms with Gasteiger partial charge >= 0.3 is 0 Å². The third-order valence-corrected chi connectivity index (χ3v) is 5.66. The van der Waals surface area contributed by atoms with Gasteiger partial charge in [-0.05, 0) is 55.8 Å². The van der Waals surface area contributed by atoms with Gasteiger partial charge in [0, 0.05) is 16.5 Å². The number of rotatable bonds is 7. The molecular formula is C24H26ClN3O5. The van der Waals surface area contributed by atoms with Crippen molar-refractivity contribution >= 4 is 40.9 Å². The number of carbonyl (C=O) groups excluding carboxylic acids is 4. The minimum atomic E-state index is -1.16. The number of hydrazine groups is 1. The second kappa shape index (κ2) is 10.5. The molecule has 33 heavy (non-hydrogen) atoms. The summed E-state index contributed by atoms with van der Waals surface area (Å²) in [5.41, 5.74) is 3.13. The van der Waals surface area contributed by atoms with Crippen molar-refractivity contribution in [1.82, 2.24) is 10.4 Å². The molecule has 0 spiro atoms. The molecule has 3 rings (SSSR count). The quantitative estimate of drug-likeness (QED) is 0.491. The summed E-state index contributed by atoms with van der Waals surface area (Å²) in [6.45, 7) is 5.87. The van der Waals surface area contributed by atoms with Gasteiger partial charge in [0.15, 0.2) is 0 Å². The molecule has 0 bridgehead atoms. The van der Waals surface area contributed by atoms with Crippen LogP contribution in [0.3, 0.4) is 0 Å². The summed E-state index contributed by atoms with van der Waals surface area (Å²) in [5.74, 6) is -1.96. The van der Waals surface area contributed by atoms with Gasteiger partial charge in [-0.3, -0.25) is 24.6 Å². The zero-order chi connectivity index (χ0) is 24.1. The van der Waals surface area contributed by atoms with E-state index in [0.29, 0.717) is 29.5 Å². The van der Waals surface area contributed by atoms with Crippen LogP contribution in [0.4, 0.5) is 5.69 Å². The molecule has 1 saturated heterocycles. The predicted octanol–water partition coefficient (Wildman–Crippen LogP) is 3.59. The summed E-state index contributed by atoms with van der Waals surface area (Å²) in [6, 6.07) is 11.6. The van der Waals surface area contributed by atoms with Crippen LogP contribution in [-0.4, -0.2) is 41.3 Å². The first kappa shape index (κ1) is 24.3. The molecule has 2 aromatic rings. The summed E-state index contributed by atoms with van der Waals surface area (Å²) in [4.78, 5) is 53.0. The second-order valence-corrected chi connectivity index (χ2v) is 8.12. The van der Waals surface area contributed by atoms with Crippen molar-refractivity contribution in [3.8, 4) is 5.75 Å². The van der Waals surface area contributed by atoms with Crippen molar-refractivity contribution in [3.05, 3.63) is 59.1 Å². The monoisotopic (exact) mass is 471 g/mol. The van der Waals surface area contributed by atoms with E-state index in [-0.39, 0.29) is 12.0 Å². The Kier molecular flexibility index (Phi) is 7.71. The smallest absolute Gasteiger partial charge is 0.269 e. The molecule has 1 N–H and O–H groups in total.